The molecule has 2 unspecified atom stereocenters. The molecule has 6 aromatic rings. The standard InChI is InChI=1S/C18H15BrCl2N2.C18H16BrFN2/c19-10-4-7-16-13(8-10)12-2-1-3-17(18(12)23-16)22-11-5-6-14(20)15(21)9-11;19-11-8-9-15-13(10-11)12-4-3-7-17(18(12)22-15)21-16-6-2-1-5-14(16)20/h4-9,17,22-23H,1-3H2;1-2,5-6,8-10,17,21-22H,3-4,7H2. The lowest BCUT2D eigenvalue weighted by molar-refractivity contribution is 0.580. The van der Waals surface area contributed by atoms with Gasteiger partial charge in [0.05, 0.1) is 27.8 Å². The van der Waals surface area contributed by atoms with Crippen LogP contribution in [-0.2, 0) is 12.8 Å². The summed E-state index contributed by atoms with van der Waals surface area (Å²) in [5.74, 6) is -0.200. The summed E-state index contributed by atoms with van der Waals surface area (Å²) in [6, 6.07) is 25.7. The Kier molecular flexibility index (Phi) is 8.88. The second-order valence-corrected chi connectivity index (χ2v) is 14.3. The summed E-state index contributed by atoms with van der Waals surface area (Å²) < 4.78 is 16.1. The molecule has 45 heavy (non-hydrogen) atoms. The number of hydrogen-bond acceptors (Lipinski definition) is 2. The molecule has 0 saturated heterocycles. The number of para-hydroxylation sites is 1. The van der Waals surface area contributed by atoms with Crippen molar-refractivity contribution in [2.75, 3.05) is 10.6 Å². The Morgan fingerprint density at radius 1 is 0.667 bits per heavy atom. The third-order valence-electron chi connectivity index (χ3n) is 8.80. The second kappa shape index (κ2) is 13.0. The summed E-state index contributed by atoms with van der Waals surface area (Å²) in [7, 11) is 0. The Morgan fingerprint density at radius 2 is 1.24 bits per heavy atom. The van der Waals surface area contributed by atoms with Crippen LogP contribution in [0.4, 0.5) is 15.8 Å². The Bertz CT molecular complexity index is 2020. The Hall–Kier alpha value is -2.97. The maximum Gasteiger partial charge on any atom is 0.146 e. The fourth-order valence-electron chi connectivity index (χ4n) is 6.71. The fourth-order valence-corrected chi connectivity index (χ4v) is 7.73. The quantitative estimate of drug-likeness (QED) is 0.144. The summed E-state index contributed by atoms with van der Waals surface area (Å²) >= 11 is 19.2. The topological polar surface area (TPSA) is 55.6 Å². The van der Waals surface area contributed by atoms with Crippen molar-refractivity contribution in [2.24, 2.45) is 0 Å². The van der Waals surface area contributed by atoms with Gasteiger partial charge >= 0.3 is 0 Å². The SMILES string of the molecule is Clc1ccc(NC2CCCc3c2[nH]c2ccc(Br)cc32)cc1Cl.Fc1ccccc1NC1CCCc2c1[nH]c1ccc(Br)cc21. The molecule has 2 atom stereocenters. The lowest BCUT2D eigenvalue weighted by Gasteiger charge is -2.25. The van der Waals surface area contributed by atoms with Crippen LogP contribution in [-0.4, -0.2) is 9.97 Å². The normalized spacial score (nSPS) is 17.4. The fraction of sp³-hybridized carbons (Fsp3) is 0.222. The van der Waals surface area contributed by atoms with Crippen molar-refractivity contribution in [3.05, 3.63) is 126 Å². The molecule has 0 radical (unpaired) electrons. The predicted octanol–water partition coefficient (Wildman–Crippen LogP) is 12.3. The molecule has 0 aliphatic heterocycles. The van der Waals surface area contributed by atoms with Gasteiger partial charge in [-0.1, -0.05) is 67.2 Å². The minimum absolute atomic E-state index is 0.131. The molecule has 2 aliphatic rings. The molecule has 0 bridgehead atoms. The van der Waals surface area contributed by atoms with E-state index in [1.165, 1.54) is 51.3 Å². The average molecular weight is 769 g/mol. The highest BCUT2D eigenvalue weighted by Gasteiger charge is 2.26. The smallest absolute Gasteiger partial charge is 0.146 e. The molecule has 0 saturated carbocycles. The zero-order valence-corrected chi connectivity index (χ0v) is 29.0. The van der Waals surface area contributed by atoms with E-state index in [9.17, 15) is 4.39 Å². The van der Waals surface area contributed by atoms with Crippen LogP contribution in [0.15, 0.2) is 87.8 Å². The van der Waals surface area contributed by atoms with E-state index < -0.39 is 0 Å². The van der Waals surface area contributed by atoms with Crippen LogP contribution in [0.25, 0.3) is 21.8 Å². The molecule has 0 fully saturated rings. The highest BCUT2D eigenvalue weighted by molar-refractivity contribution is 9.10. The van der Waals surface area contributed by atoms with Crippen LogP contribution in [0.5, 0.6) is 0 Å². The van der Waals surface area contributed by atoms with Gasteiger partial charge in [0, 0.05) is 47.8 Å². The molecule has 8 rings (SSSR count). The van der Waals surface area contributed by atoms with Crippen LogP contribution in [0, 0.1) is 5.82 Å². The van der Waals surface area contributed by atoms with E-state index in [2.05, 4.69) is 82.8 Å². The van der Waals surface area contributed by atoms with Crippen molar-refractivity contribution in [1.82, 2.24) is 9.97 Å². The Labute approximate surface area is 288 Å². The van der Waals surface area contributed by atoms with Gasteiger partial charge in [0.1, 0.15) is 5.82 Å². The van der Waals surface area contributed by atoms with Crippen molar-refractivity contribution in [2.45, 2.75) is 50.6 Å². The monoisotopic (exact) mass is 766 g/mol. The number of aromatic nitrogens is 2. The lowest BCUT2D eigenvalue weighted by Crippen LogP contribution is -2.17. The van der Waals surface area contributed by atoms with Gasteiger partial charge in [0.25, 0.3) is 0 Å². The average Bonchev–Trinajstić information content (AvgIpc) is 3.59. The van der Waals surface area contributed by atoms with Crippen molar-refractivity contribution in [3.63, 3.8) is 0 Å². The van der Waals surface area contributed by atoms with E-state index >= 15 is 0 Å². The van der Waals surface area contributed by atoms with Crippen molar-refractivity contribution >= 4 is 88.2 Å². The molecule has 4 aromatic carbocycles. The van der Waals surface area contributed by atoms with Crippen LogP contribution in [0.1, 0.15) is 60.3 Å². The third kappa shape index (κ3) is 6.37. The number of nitrogens with one attached hydrogen (secondary N) is 4. The maximum atomic E-state index is 13.9. The van der Waals surface area contributed by atoms with Gasteiger partial charge in [-0.25, -0.2) is 4.39 Å². The number of anilines is 2. The summed E-state index contributed by atoms with van der Waals surface area (Å²) in [6.07, 6.45) is 6.58. The highest BCUT2D eigenvalue weighted by Crippen LogP contribution is 2.39. The lowest BCUT2D eigenvalue weighted by atomic mass is 9.91. The van der Waals surface area contributed by atoms with Crippen LogP contribution in [0.2, 0.25) is 10.0 Å². The van der Waals surface area contributed by atoms with Crippen LogP contribution >= 0.6 is 55.1 Å². The number of fused-ring (bicyclic) bond motifs is 6. The molecule has 9 heteroatoms. The van der Waals surface area contributed by atoms with E-state index in [1.807, 2.05) is 30.3 Å². The number of benzene rings is 4. The van der Waals surface area contributed by atoms with E-state index in [4.69, 9.17) is 23.2 Å². The van der Waals surface area contributed by atoms with E-state index in [0.29, 0.717) is 15.7 Å². The number of hydrogen-bond donors (Lipinski definition) is 4. The summed E-state index contributed by atoms with van der Waals surface area (Å²) in [6.45, 7) is 0. The molecular formula is C36H31Br2Cl2FN4. The third-order valence-corrected chi connectivity index (χ3v) is 10.5. The molecule has 4 N–H and O–H groups in total. The number of H-pyrrole nitrogens is 2. The predicted molar refractivity (Wildman–Crippen MR) is 193 cm³/mol. The molecule has 2 heterocycles. The van der Waals surface area contributed by atoms with E-state index in [1.54, 1.807) is 12.1 Å². The zero-order valence-electron chi connectivity index (χ0n) is 24.3. The van der Waals surface area contributed by atoms with Gasteiger partial charge < -0.3 is 20.6 Å². The largest absolute Gasteiger partial charge is 0.377 e. The first-order valence-electron chi connectivity index (χ1n) is 15.2. The first-order chi connectivity index (χ1) is 21.8. The van der Waals surface area contributed by atoms with E-state index in [-0.39, 0.29) is 17.9 Å². The molecule has 4 nitrogen and oxygen atoms in total. The minimum Gasteiger partial charge on any atom is -0.377 e. The molecule has 0 spiro atoms. The number of rotatable bonds is 4. The number of aryl methyl sites for hydroxylation is 2. The van der Waals surface area contributed by atoms with Crippen molar-refractivity contribution in [3.8, 4) is 0 Å². The van der Waals surface area contributed by atoms with Gasteiger partial charge in [-0.3, -0.25) is 0 Å². The molecule has 2 aliphatic carbocycles. The second-order valence-electron chi connectivity index (χ2n) is 11.7. The van der Waals surface area contributed by atoms with E-state index in [0.717, 1.165) is 52.3 Å². The summed E-state index contributed by atoms with van der Waals surface area (Å²) in [5, 5.41) is 10.7. The first-order valence-corrected chi connectivity index (χ1v) is 17.5. The van der Waals surface area contributed by atoms with Gasteiger partial charge in [0.15, 0.2) is 0 Å². The van der Waals surface area contributed by atoms with Crippen LogP contribution < -0.4 is 10.6 Å². The van der Waals surface area contributed by atoms with Crippen LogP contribution in [0.3, 0.4) is 0 Å². The van der Waals surface area contributed by atoms with Crippen molar-refractivity contribution < 1.29 is 4.39 Å². The molecular weight excluding hydrogens is 738 g/mol. The zero-order chi connectivity index (χ0) is 31.1. The van der Waals surface area contributed by atoms with Crippen molar-refractivity contribution in [1.29, 1.82) is 0 Å². The maximum absolute atomic E-state index is 13.9. The minimum atomic E-state index is -0.200. The van der Waals surface area contributed by atoms with Gasteiger partial charge in [-0.05, 0) is 116 Å². The first kappa shape index (κ1) is 30.7. The summed E-state index contributed by atoms with van der Waals surface area (Å²) in [4.78, 5) is 7.12. The Morgan fingerprint density at radius 3 is 1.82 bits per heavy atom. The van der Waals surface area contributed by atoms with Gasteiger partial charge in [0.2, 0.25) is 0 Å². The van der Waals surface area contributed by atoms with Gasteiger partial charge in [-0.15, -0.1) is 0 Å². The van der Waals surface area contributed by atoms with Gasteiger partial charge in [-0.2, -0.15) is 0 Å². The number of aromatic amines is 2. The summed E-state index contributed by atoms with van der Waals surface area (Å²) in [5.41, 5.74) is 9.17. The Balaban J connectivity index is 0.000000145. The molecule has 2 aromatic heterocycles. The highest BCUT2D eigenvalue weighted by atomic mass is 79.9. The molecule has 0 amide bonds. The molecule has 230 valence electrons. The number of halogens is 5.